The van der Waals surface area contributed by atoms with Gasteiger partial charge in [-0.25, -0.2) is 0 Å². The smallest absolute Gasteiger partial charge is 0.220 e. The van der Waals surface area contributed by atoms with Gasteiger partial charge in [0.25, 0.3) is 0 Å². The third-order valence-electron chi connectivity index (χ3n) is 2.70. The summed E-state index contributed by atoms with van der Waals surface area (Å²) in [4.78, 5) is 22.6. The van der Waals surface area contributed by atoms with E-state index in [1.807, 2.05) is 20.8 Å². The Balaban J connectivity index is 3.57. The Morgan fingerprint density at radius 2 is 1.56 bits per heavy atom. The van der Waals surface area contributed by atoms with Gasteiger partial charge in [0.05, 0.1) is 0 Å². The van der Waals surface area contributed by atoms with E-state index in [4.69, 9.17) is 5.11 Å². The van der Waals surface area contributed by atoms with Gasteiger partial charge < -0.3 is 15.7 Å². The number of hydrogen-bond acceptors (Lipinski definition) is 3. The summed E-state index contributed by atoms with van der Waals surface area (Å²) in [6.07, 6.45) is 2.40. The Morgan fingerprint density at radius 1 is 1.06 bits per heavy atom. The standard InChI is InChI=1S/C13H26N2O3/c1-4-5-11(17)14-8-9-15-12(18)6-7-13(2,3)10-16/h16H,4-10H2,1-3H3,(H,14,17)(H,15,18). The minimum atomic E-state index is -0.216. The number of amides is 2. The highest BCUT2D eigenvalue weighted by Crippen LogP contribution is 2.20. The minimum Gasteiger partial charge on any atom is -0.396 e. The van der Waals surface area contributed by atoms with Crippen molar-refractivity contribution >= 4 is 11.8 Å². The van der Waals surface area contributed by atoms with E-state index in [-0.39, 0.29) is 23.8 Å². The van der Waals surface area contributed by atoms with Crippen molar-refractivity contribution in [3.05, 3.63) is 0 Å². The molecule has 0 saturated heterocycles. The fraction of sp³-hybridized carbons (Fsp3) is 0.846. The molecule has 106 valence electrons. The minimum absolute atomic E-state index is 0.0214. The lowest BCUT2D eigenvalue weighted by Crippen LogP contribution is -2.35. The highest BCUT2D eigenvalue weighted by molar-refractivity contribution is 5.77. The number of aliphatic hydroxyl groups is 1. The van der Waals surface area contributed by atoms with Gasteiger partial charge in [-0.2, -0.15) is 0 Å². The first-order chi connectivity index (χ1) is 8.41. The van der Waals surface area contributed by atoms with Crippen LogP contribution in [0.4, 0.5) is 0 Å². The zero-order chi connectivity index (χ0) is 14.0. The van der Waals surface area contributed by atoms with Crippen molar-refractivity contribution in [1.29, 1.82) is 0 Å². The number of rotatable bonds is 9. The molecule has 0 bridgehead atoms. The second-order valence-electron chi connectivity index (χ2n) is 5.27. The second kappa shape index (κ2) is 8.91. The average Bonchev–Trinajstić information content (AvgIpc) is 2.33. The van der Waals surface area contributed by atoms with Crippen LogP contribution in [0.5, 0.6) is 0 Å². The van der Waals surface area contributed by atoms with Crippen molar-refractivity contribution in [1.82, 2.24) is 10.6 Å². The molecule has 0 saturated carbocycles. The lowest BCUT2D eigenvalue weighted by atomic mass is 9.89. The zero-order valence-corrected chi connectivity index (χ0v) is 11.7. The molecule has 0 aliphatic carbocycles. The number of aliphatic hydroxyl groups excluding tert-OH is 1. The van der Waals surface area contributed by atoms with E-state index >= 15 is 0 Å². The summed E-state index contributed by atoms with van der Waals surface area (Å²) < 4.78 is 0. The van der Waals surface area contributed by atoms with Crippen LogP contribution in [0, 0.1) is 5.41 Å². The quantitative estimate of drug-likeness (QED) is 0.536. The monoisotopic (exact) mass is 258 g/mol. The Labute approximate surface area is 109 Å². The fourth-order valence-corrected chi connectivity index (χ4v) is 1.34. The van der Waals surface area contributed by atoms with Crippen LogP contribution in [0.15, 0.2) is 0 Å². The molecular weight excluding hydrogens is 232 g/mol. The highest BCUT2D eigenvalue weighted by Gasteiger charge is 2.17. The first-order valence-electron chi connectivity index (χ1n) is 6.55. The predicted octanol–water partition coefficient (Wildman–Crippen LogP) is 0.818. The molecule has 18 heavy (non-hydrogen) atoms. The molecule has 0 rings (SSSR count). The summed E-state index contributed by atoms with van der Waals surface area (Å²) in [7, 11) is 0. The van der Waals surface area contributed by atoms with Gasteiger partial charge in [0.2, 0.25) is 11.8 Å². The molecule has 2 amide bonds. The van der Waals surface area contributed by atoms with Crippen molar-refractivity contribution in [2.75, 3.05) is 19.7 Å². The van der Waals surface area contributed by atoms with Crippen LogP contribution in [0.25, 0.3) is 0 Å². The molecule has 0 aromatic rings. The van der Waals surface area contributed by atoms with Gasteiger partial charge in [0.15, 0.2) is 0 Å². The molecule has 0 aliphatic heterocycles. The number of hydrogen-bond donors (Lipinski definition) is 3. The van der Waals surface area contributed by atoms with Gasteiger partial charge >= 0.3 is 0 Å². The first-order valence-corrected chi connectivity index (χ1v) is 6.55. The van der Waals surface area contributed by atoms with Crippen molar-refractivity contribution in [2.24, 2.45) is 5.41 Å². The van der Waals surface area contributed by atoms with Crippen molar-refractivity contribution in [2.45, 2.75) is 46.5 Å². The molecule has 0 radical (unpaired) electrons. The predicted molar refractivity (Wildman–Crippen MR) is 71.0 cm³/mol. The van der Waals surface area contributed by atoms with Crippen LogP contribution in [-0.2, 0) is 9.59 Å². The van der Waals surface area contributed by atoms with E-state index < -0.39 is 0 Å². The van der Waals surface area contributed by atoms with E-state index in [1.54, 1.807) is 0 Å². The maximum absolute atomic E-state index is 11.5. The van der Waals surface area contributed by atoms with Crippen LogP contribution < -0.4 is 10.6 Å². The average molecular weight is 258 g/mol. The summed E-state index contributed by atoms with van der Waals surface area (Å²) in [6, 6.07) is 0. The summed E-state index contributed by atoms with van der Waals surface area (Å²) in [5, 5.41) is 14.5. The molecule has 0 fully saturated rings. The molecule has 0 aromatic carbocycles. The SMILES string of the molecule is CCCC(=O)NCCNC(=O)CCC(C)(C)CO. The lowest BCUT2D eigenvalue weighted by Gasteiger charge is -2.20. The Kier molecular flexibility index (Phi) is 8.37. The Hall–Kier alpha value is -1.10. The molecule has 0 atom stereocenters. The van der Waals surface area contributed by atoms with Gasteiger partial charge in [-0.15, -0.1) is 0 Å². The molecule has 5 nitrogen and oxygen atoms in total. The topological polar surface area (TPSA) is 78.4 Å². The fourth-order valence-electron chi connectivity index (χ4n) is 1.34. The van der Waals surface area contributed by atoms with E-state index in [9.17, 15) is 9.59 Å². The van der Waals surface area contributed by atoms with Gasteiger partial charge in [0, 0.05) is 32.5 Å². The van der Waals surface area contributed by atoms with E-state index in [2.05, 4.69) is 10.6 Å². The summed E-state index contributed by atoms with van der Waals surface area (Å²) >= 11 is 0. The van der Waals surface area contributed by atoms with Gasteiger partial charge in [-0.1, -0.05) is 20.8 Å². The van der Waals surface area contributed by atoms with E-state index in [0.717, 1.165) is 6.42 Å². The Bertz CT molecular complexity index is 265. The lowest BCUT2D eigenvalue weighted by molar-refractivity contribution is -0.123. The number of carbonyl (C=O) groups excluding carboxylic acids is 2. The third-order valence-corrected chi connectivity index (χ3v) is 2.70. The normalized spacial score (nSPS) is 11.1. The zero-order valence-electron chi connectivity index (χ0n) is 11.7. The first kappa shape index (κ1) is 16.9. The van der Waals surface area contributed by atoms with Crippen molar-refractivity contribution in [3.8, 4) is 0 Å². The summed E-state index contributed by atoms with van der Waals surface area (Å²) in [5.41, 5.74) is -0.216. The molecule has 0 unspecified atom stereocenters. The van der Waals surface area contributed by atoms with E-state index in [1.165, 1.54) is 0 Å². The third kappa shape index (κ3) is 8.98. The van der Waals surface area contributed by atoms with Crippen LogP contribution in [0.3, 0.4) is 0 Å². The second-order valence-corrected chi connectivity index (χ2v) is 5.27. The molecule has 5 heteroatoms. The van der Waals surface area contributed by atoms with Crippen LogP contribution in [0.1, 0.15) is 46.5 Å². The summed E-state index contributed by atoms with van der Waals surface area (Å²) in [5.74, 6) is -0.0190. The largest absolute Gasteiger partial charge is 0.396 e. The highest BCUT2D eigenvalue weighted by atomic mass is 16.3. The molecule has 0 aliphatic rings. The van der Waals surface area contributed by atoms with Crippen LogP contribution in [0.2, 0.25) is 0 Å². The summed E-state index contributed by atoms with van der Waals surface area (Å²) in [6.45, 7) is 6.79. The number of carbonyl (C=O) groups is 2. The van der Waals surface area contributed by atoms with Crippen LogP contribution >= 0.6 is 0 Å². The van der Waals surface area contributed by atoms with Gasteiger partial charge in [-0.05, 0) is 18.3 Å². The maximum atomic E-state index is 11.5. The van der Waals surface area contributed by atoms with Gasteiger partial charge in [-0.3, -0.25) is 9.59 Å². The molecule has 3 N–H and O–H groups in total. The maximum Gasteiger partial charge on any atom is 0.220 e. The molecular formula is C13H26N2O3. The molecule has 0 spiro atoms. The molecule has 0 aromatic heterocycles. The Morgan fingerprint density at radius 3 is 2.00 bits per heavy atom. The number of nitrogens with one attached hydrogen (secondary N) is 2. The van der Waals surface area contributed by atoms with E-state index in [0.29, 0.717) is 32.4 Å². The molecule has 0 heterocycles. The van der Waals surface area contributed by atoms with Gasteiger partial charge in [0.1, 0.15) is 0 Å². The van der Waals surface area contributed by atoms with Crippen molar-refractivity contribution in [3.63, 3.8) is 0 Å². The van der Waals surface area contributed by atoms with Crippen LogP contribution in [-0.4, -0.2) is 36.6 Å². The van der Waals surface area contributed by atoms with Crippen molar-refractivity contribution < 1.29 is 14.7 Å².